The summed E-state index contributed by atoms with van der Waals surface area (Å²) < 4.78 is 0. The van der Waals surface area contributed by atoms with E-state index in [1.54, 1.807) is 0 Å². The second kappa shape index (κ2) is 5.27. The van der Waals surface area contributed by atoms with Crippen molar-refractivity contribution in [3.63, 3.8) is 0 Å². The summed E-state index contributed by atoms with van der Waals surface area (Å²) in [5.74, 6) is -4.12. The average Bonchev–Trinajstić information content (AvgIpc) is 2.16. The molecule has 0 aliphatic rings. The molecular formula is C9H6NiO6. The molecule has 0 aromatic heterocycles. The Kier molecular flexibility index (Phi) is 4.66. The molecule has 88 valence electrons. The number of aromatic carboxylic acids is 3. The van der Waals surface area contributed by atoms with E-state index in [1.807, 2.05) is 0 Å². The molecule has 0 radical (unpaired) electrons. The first-order valence-electron chi connectivity index (χ1n) is 3.77. The van der Waals surface area contributed by atoms with Crippen LogP contribution in [0.15, 0.2) is 18.2 Å². The van der Waals surface area contributed by atoms with Gasteiger partial charge in [0.15, 0.2) is 0 Å². The van der Waals surface area contributed by atoms with Gasteiger partial charge in [-0.05, 0) is 18.2 Å². The molecule has 0 amide bonds. The zero-order valence-electron chi connectivity index (χ0n) is 7.61. The minimum Gasteiger partial charge on any atom is -0.478 e. The van der Waals surface area contributed by atoms with E-state index >= 15 is 0 Å². The molecule has 0 unspecified atom stereocenters. The van der Waals surface area contributed by atoms with Crippen LogP contribution in [0.25, 0.3) is 0 Å². The number of carboxylic acids is 3. The van der Waals surface area contributed by atoms with Gasteiger partial charge >= 0.3 is 17.9 Å². The summed E-state index contributed by atoms with van der Waals surface area (Å²) in [7, 11) is 0. The molecule has 0 aliphatic carbocycles. The molecule has 6 nitrogen and oxygen atoms in total. The molecule has 0 spiro atoms. The van der Waals surface area contributed by atoms with Crippen LogP contribution < -0.4 is 0 Å². The van der Waals surface area contributed by atoms with Gasteiger partial charge in [0.1, 0.15) is 0 Å². The van der Waals surface area contributed by atoms with Crippen LogP contribution in [0.2, 0.25) is 0 Å². The third-order valence-electron chi connectivity index (χ3n) is 1.67. The van der Waals surface area contributed by atoms with Gasteiger partial charge < -0.3 is 15.3 Å². The van der Waals surface area contributed by atoms with Crippen molar-refractivity contribution < 1.29 is 46.2 Å². The molecule has 1 aromatic rings. The van der Waals surface area contributed by atoms with Crippen LogP contribution in [0, 0.1) is 0 Å². The predicted molar refractivity (Wildman–Crippen MR) is 47.3 cm³/mol. The monoisotopic (exact) mass is 268 g/mol. The van der Waals surface area contributed by atoms with Gasteiger partial charge in [-0.2, -0.15) is 0 Å². The van der Waals surface area contributed by atoms with Gasteiger partial charge in [0.2, 0.25) is 0 Å². The van der Waals surface area contributed by atoms with Gasteiger partial charge in [0.25, 0.3) is 0 Å². The van der Waals surface area contributed by atoms with Gasteiger partial charge in [0.05, 0.1) is 16.7 Å². The third kappa shape index (κ3) is 3.06. The van der Waals surface area contributed by atoms with Crippen LogP contribution in [0.4, 0.5) is 0 Å². The van der Waals surface area contributed by atoms with Crippen molar-refractivity contribution in [3.05, 3.63) is 34.9 Å². The van der Waals surface area contributed by atoms with Crippen molar-refractivity contribution in [3.8, 4) is 0 Å². The molecule has 7 heteroatoms. The van der Waals surface area contributed by atoms with Crippen LogP contribution in [-0.4, -0.2) is 33.2 Å². The molecule has 0 fully saturated rings. The Bertz CT molecular complexity index is 374. The van der Waals surface area contributed by atoms with E-state index in [0.29, 0.717) is 0 Å². The number of hydrogen-bond donors (Lipinski definition) is 3. The summed E-state index contributed by atoms with van der Waals surface area (Å²) in [6, 6.07) is 2.70. The Hall–Kier alpha value is -1.88. The van der Waals surface area contributed by atoms with Gasteiger partial charge in [-0.15, -0.1) is 0 Å². The van der Waals surface area contributed by atoms with Crippen LogP contribution in [0.5, 0.6) is 0 Å². The Morgan fingerprint density at radius 1 is 0.688 bits per heavy atom. The van der Waals surface area contributed by atoms with Gasteiger partial charge in [-0.25, -0.2) is 14.4 Å². The van der Waals surface area contributed by atoms with Crippen molar-refractivity contribution >= 4 is 17.9 Å². The van der Waals surface area contributed by atoms with Crippen molar-refractivity contribution in [2.45, 2.75) is 0 Å². The summed E-state index contributed by atoms with van der Waals surface area (Å²) in [6.07, 6.45) is 0. The van der Waals surface area contributed by atoms with E-state index in [-0.39, 0.29) is 33.2 Å². The zero-order chi connectivity index (χ0) is 11.6. The molecular weight excluding hydrogens is 263 g/mol. The molecule has 1 rings (SSSR count). The van der Waals surface area contributed by atoms with E-state index < -0.39 is 17.9 Å². The standard InChI is InChI=1S/C9H6O6.Ni/c10-7(11)4-1-5(8(12)13)3-6(2-4)9(14)15;/h1-3H,(H,10,11)(H,12,13)(H,14,15);. The summed E-state index contributed by atoms with van der Waals surface area (Å²) in [6.45, 7) is 0. The molecule has 0 aliphatic heterocycles. The number of benzene rings is 1. The quantitative estimate of drug-likeness (QED) is 0.699. The summed E-state index contributed by atoms with van der Waals surface area (Å²) in [4.78, 5) is 31.7. The Morgan fingerprint density at radius 2 is 0.875 bits per heavy atom. The van der Waals surface area contributed by atoms with Crippen molar-refractivity contribution in [2.24, 2.45) is 0 Å². The minimum atomic E-state index is -1.37. The number of carboxylic acid groups (broad SMARTS) is 3. The normalized spacial score (nSPS) is 9.00. The van der Waals surface area contributed by atoms with Crippen molar-refractivity contribution in [1.29, 1.82) is 0 Å². The van der Waals surface area contributed by atoms with E-state index in [9.17, 15) is 14.4 Å². The van der Waals surface area contributed by atoms with E-state index in [2.05, 4.69) is 0 Å². The third-order valence-corrected chi connectivity index (χ3v) is 1.67. The number of hydrogen-bond acceptors (Lipinski definition) is 3. The second-order valence-corrected chi connectivity index (χ2v) is 2.71. The van der Waals surface area contributed by atoms with Gasteiger partial charge in [-0.1, -0.05) is 0 Å². The van der Waals surface area contributed by atoms with Crippen LogP contribution in [0.3, 0.4) is 0 Å². The summed E-state index contributed by atoms with van der Waals surface area (Å²) in [5.41, 5.74) is -1.10. The summed E-state index contributed by atoms with van der Waals surface area (Å²) in [5, 5.41) is 25.8. The minimum absolute atomic E-state index is 0. The summed E-state index contributed by atoms with van der Waals surface area (Å²) >= 11 is 0. The van der Waals surface area contributed by atoms with E-state index in [4.69, 9.17) is 15.3 Å². The molecule has 0 atom stereocenters. The molecule has 3 N–H and O–H groups in total. The molecule has 16 heavy (non-hydrogen) atoms. The molecule has 0 saturated carbocycles. The number of carbonyl (C=O) groups is 3. The fraction of sp³-hybridized carbons (Fsp3) is 0. The molecule has 0 heterocycles. The largest absolute Gasteiger partial charge is 0.478 e. The molecule has 0 bridgehead atoms. The molecule has 1 aromatic carbocycles. The van der Waals surface area contributed by atoms with E-state index in [0.717, 1.165) is 18.2 Å². The Labute approximate surface area is 99.4 Å². The Balaban J connectivity index is 0.00000225. The maximum absolute atomic E-state index is 10.6. The van der Waals surface area contributed by atoms with Crippen molar-refractivity contribution in [1.82, 2.24) is 0 Å². The maximum Gasteiger partial charge on any atom is 0.335 e. The first kappa shape index (κ1) is 14.1. The smallest absolute Gasteiger partial charge is 0.335 e. The molecule has 0 saturated heterocycles. The fourth-order valence-electron chi connectivity index (χ4n) is 0.998. The topological polar surface area (TPSA) is 112 Å². The maximum atomic E-state index is 10.6. The fourth-order valence-corrected chi connectivity index (χ4v) is 0.998. The second-order valence-electron chi connectivity index (χ2n) is 2.71. The predicted octanol–water partition coefficient (Wildman–Crippen LogP) is 0.779. The first-order valence-corrected chi connectivity index (χ1v) is 3.77. The Morgan fingerprint density at radius 3 is 1.00 bits per heavy atom. The van der Waals surface area contributed by atoms with Crippen LogP contribution >= 0.6 is 0 Å². The van der Waals surface area contributed by atoms with Gasteiger partial charge in [0, 0.05) is 16.5 Å². The van der Waals surface area contributed by atoms with Crippen LogP contribution in [0.1, 0.15) is 31.1 Å². The zero-order valence-corrected chi connectivity index (χ0v) is 8.60. The van der Waals surface area contributed by atoms with Crippen molar-refractivity contribution in [2.75, 3.05) is 0 Å². The van der Waals surface area contributed by atoms with E-state index in [1.165, 1.54) is 0 Å². The number of rotatable bonds is 3. The first-order chi connectivity index (χ1) is 6.91. The SMILES string of the molecule is O=C(O)c1cc(C(=O)O)cc(C(=O)O)c1.[Ni]. The van der Waals surface area contributed by atoms with Crippen LogP contribution in [-0.2, 0) is 16.5 Å². The average molecular weight is 269 g/mol. The van der Waals surface area contributed by atoms with Gasteiger partial charge in [-0.3, -0.25) is 0 Å².